The third-order valence-corrected chi connectivity index (χ3v) is 5.47. The predicted octanol–water partition coefficient (Wildman–Crippen LogP) is 1.38. The van der Waals surface area contributed by atoms with Crippen molar-refractivity contribution in [3.63, 3.8) is 0 Å². The van der Waals surface area contributed by atoms with Gasteiger partial charge in [-0.2, -0.15) is 0 Å². The molecule has 0 saturated heterocycles. The Kier molecular flexibility index (Phi) is 19.7. The number of hydrogen-bond donors (Lipinski definition) is 1. The van der Waals surface area contributed by atoms with Gasteiger partial charge in [0.05, 0.1) is 16.2 Å². The van der Waals surface area contributed by atoms with E-state index in [1.165, 1.54) is 19.3 Å². The second kappa shape index (κ2) is 16.9. The molecule has 0 aromatic carbocycles. The summed E-state index contributed by atoms with van der Waals surface area (Å²) < 4.78 is 34.0. The summed E-state index contributed by atoms with van der Waals surface area (Å²) >= 11 is 0. The molecule has 0 saturated carbocycles. The monoisotopic (exact) mass is 374 g/mol. The summed E-state index contributed by atoms with van der Waals surface area (Å²) in [5.41, 5.74) is 0. The van der Waals surface area contributed by atoms with Crippen LogP contribution in [-0.4, -0.2) is 29.4 Å². The van der Waals surface area contributed by atoms with Crippen molar-refractivity contribution in [1.82, 2.24) is 0 Å². The molecule has 0 heterocycles. The zero-order valence-electron chi connectivity index (χ0n) is 15.4. The summed E-state index contributed by atoms with van der Waals surface area (Å²) in [6.07, 6.45) is 11.9. The zero-order valence-corrected chi connectivity index (χ0v) is 19.4. The molecule has 2 unspecified atom stereocenters. The summed E-state index contributed by atoms with van der Waals surface area (Å²) in [5, 5.41) is 8.46. The van der Waals surface area contributed by atoms with Gasteiger partial charge in [0.25, 0.3) is 0 Å². The van der Waals surface area contributed by atoms with E-state index < -0.39 is 15.4 Å². The first-order valence-corrected chi connectivity index (χ1v) is 10.5. The van der Waals surface area contributed by atoms with E-state index in [1.807, 2.05) is 0 Å². The van der Waals surface area contributed by atoms with Crippen molar-refractivity contribution in [2.24, 2.45) is 0 Å². The number of hydrogen-bond acceptors (Lipinski definition) is 4. The van der Waals surface area contributed by atoms with E-state index in [0.29, 0.717) is 12.8 Å². The Bertz CT molecular complexity index is 345. The molecule has 0 fully saturated rings. The van der Waals surface area contributed by atoms with Crippen molar-refractivity contribution in [3.8, 4) is 0 Å². The van der Waals surface area contributed by atoms with Gasteiger partial charge in [0.1, 0.15) is 0 Å². The molecule has 0 aliphatic carbocycles. The Hall–Kier alpha value is 1.51. The maximum atomic E-state index is 11.3. The van der Waals surface area contributed by atoms with E-state index in [1.54, 1.807) is 6.92 Å². The molecular weight excluding hydrogens is 339 g/mol. The first kappa shape index (κ1) is 26.7. The van der Waals surface area contributed by atoms with Gasteiger partial charge < -0.3 is 9.66 Å². The Morgan fingerprint density at radius 2 is 1.22 bits per heavy atom. The molecule has 0 aliphatic rings. The second-order valence-electron chi connectivity index (χ2n) is 6.51. The van der Waals surface area contributed by atoms with Crippen LogP contribution in [0.5, 0.6) is 0 Å². The fourth-order valence-corrected chi connectivity index (χ4v) is 3.66. The van der Waals surface area contributed by atoms with Crippen LogP contribution in [-0.2, 0) is 10.1 Å². The molecule has 0 bridgehead atoms. The Labute approximate surface area is 186 Å². The molecule has 0 radical (unpaired) electrons. The van der Waals surface area contributed by atoms with E-state index in [2.05, 4.69) is 6.92 Å². The molecule has 2 atom stereocenters. The zero-order chi connectivity index (χ0) is 16.8. The van der Waals surface area contributed by atoms with Crippen molar-refractivity contribution in [1.29, 1.82) is 0 Å². The van der Waals surface area contributed by atoms with Crippen LogP contribution >= 0.6 is 0 Å². The summed E-state index contributed by atoms with van der Waals surface area (Å²) in [5.74, 6) is 0. The van der Waals surface area contributed by atoms with Gasteiger partial charge >= 0.3 is 51.4 Å². The van der Waals surface area contributed by atoms with Crippen LogP contribution in [0.1, 0.15) is 97.3 Å². The van der Waals surface area contributed by atoms with Crippen LogP contribution in [0.3, 0.4) is 0 Å². The number of rotatable bonds is 15. The van der Waals surface area contributed by atoms with Crippen LogP contribution in [0.25, 0.3) is 0 Å². The van der Waals surface area contributed by atoms with Gasteiger partial charge in [-0.05, 0) is 26.2 Å². The van der Waals surface area contributed by atoms with Crippen LogP contribution in [0.15, 0.2) is 0 Å². The van der Waals surface area contributed by atoms with Gasteiger partial charge in [-0.3, -0.25) is 0 Å². The minimum atomic E-state index is -4.16. The van der Waals surface area contributed by atoms with Crippen LogP contribution in [0.2, 0.25) is 0 Å². The van der Waals surface area contributed by atoms with Gasteiger partial charge in [0.15, 0.2) is 0 Å². The van der Waals surface area contributed by atoms with Crippen molar-refractivity contribution < 1.29 is 69.5 Å². The maximum absolute atomic E-state index is 11.3. The Morgan fingerprint density at radius 3 is 1.61 bits per heavy atom. The summed E-state index contributed by atoms with van der Waals surface area (Å²) in [6.45, 7) is 3.95. The largest absolute Gasteiger partial charge is 1.00 e. The average Bonchev–Trinajstić information content (AvgIpc) is 2.42. The number of unbranched alkanes of at least 4 members (excludes halogenated alkanes) is 8. The van der Waals surface area contributed by atoms with E-state index in [9.17, 15) is 13.0 Å². The van der Waals surface area contributed by atoms with Gasteiger partial charge in [-0.25, -0.2) is 8.42 Å². The van der Waals surface area contributed by atoms with Crippen LogP contribution < -0.4 is 51.4 Å². The minimum Gasteiger partial charge on any atom is -0.748 e. The van der Waals surface area contributed by atoms with Gasteiger partial charge in [0, 0.05) is 5.25 Å². The molecule has 0 aromatic rings. The molecule has 0 rings (SSSR count). The number of aliphatic hydroxyl groups is 1. The molecule has 0 spiro atoms. The van der Waals surface area contributed by atoms with Gasteiger partial charge in [-0.15, -0.1) is 0 Å². The Morgan fingerprint density at radius 1 is 0.826 bits per heavy atom. The molecule has 6 heteroatoms. The average molecular weight is 375 g/mol. The maximum Gasteiger partial charge on any atom is 1.00 e. The first-order chi connectivity index (χ1) is 10.4. The van der Waals surface area contributed by atoms with Crippen molar-refractivity contribution in [3.05, 3.63) is 0 Å². The molecular formula is C17H35KO4S. The Balaban J connectivity index is 0. The fourth-order valence-electron chi connectivity index (χ4n) is 2.75. The predicted molar refractivity (Wildman–Crippen MR) is 90.9 cm³/mol. The normalized spacial score (nSPS) is 14.3. The summed E-state index contributed by atoms with van der Waals surface area (Å²) in [7, 11) is -4.16. The van der Waals surface area contributed by atoms with E-state index in [-0.39, 0.29) is 57.5 Å². The SMILES string of the molecule is CCCCCCCCC(CCCCCCC(C)O)S(=O)(=O)[O-].[K+]. The van der Waals surface area contributed by atoms with Crippen molar-refractivity contribution in [2.75, 3.05) is 0 Å². The van der Waals surface area contributed by atoms with Gasteiger partial charge in [0.2, 0.25) is 0 Å². The topological polar surface area (TPSA) is 77.4 Å². The molecule has 1 N–H and O–H groups in total. The molecule has 134 valence electrons. The van der Waals surface area contributed by atoms with E-state index in [4.69, 9.17) is 5.11 Å². The summed E-state index contributed by atoms with van der Waals surface area (Å²) in [6, 6.07) is 0. The smallest absolute Gasteiger partial charge is 0.748 e. The minimum absolute atomic E-state index is 0. The van der Waals surface area contributed by atoms with E-state index >= 15 is 0 Å². The quantitative estimate of drug-likeness (QED) is 0.267. The van der Waals surface area contributed by atoms with Crippen molar-refractivity contribution >= 4 is 10.1 Å². The van der Waals surface area contributed by atoms with Gasteiger partial charge in [-0.1, -0.05) is 71.1 Å². The summed E-state index contributed by atoms with van der Waals surface area (Å²) in [4.78, 5) is 0. The third kappa shape index (κ3) is 18.1. The van der Waals surface area contributed by atoms with Crippen LogP contribution in [0, 0.1) is 0 Å². The standard InChI is InChI=1S/C17H36O4S.K/c1-3-4-5-6-7-11-14-17(22(19,20)21)15-12-9-8-10-13-16(2)18;/h16-18H,3-15H2,1-2H3,(H,19,20,21);/q;+1/p-1. The van der Waals surface area contributed by atoms with E-state index in [0.717, 1.165) is 51.4 Å². The second-order valence-corrected chi connectivity index (χ2v) is 8.16. The molecule has 4 nitrogen and oxygen atoms in total. The molecule has 0 amide bonds. The fraction of sp³-hybridized carbons (Fsp3) is 1.00. The molecule has 0 aliphatic heterocycles. The van der Waals surface area contributed by atoms with Crippen LogP contribution in [0.4, 0.5) is 0 Å². The number of aliphatic hydroxyl groups excluding tert-OH is 1. The molecule has 23 heavy (non-hydrogen) atoms. The first-order valence-electron chi connectivity index (χ1n) is 9.00. The van der Waals surface area contributed by atoms with Crippen molar-refractivity contribution in [2.45, 2.75) is 109 Å². The third-order valence-electron chi connectivity index (χ3n) is 4.19. The molecule has 0 aromatic heterocycles.